The molecule has 1 heterocycles. The van der Waals surface area contributed by atoms with Crippen LogP contribution >= 0.6 is 0 Å². The van der Waals surface area contributed by atoms with Crippen LogP contribution in [0.3, 0.4) is 0 Å². The molecule has 2 heteroatoms. The molecule has 1 aliphatic heterocycles. The van der Waals surface area contributed by atoms with Crippen LogP contribution in [-0.2, 0) is 17.8 Å². The van der Waals surface area contributed by atoms with Crippen LogP contribution < -0.4 is 5.32 Å². The van der Waals surface area contributed by atoms with Gasteiger partial charge in [-0.3, -0.25) is 0 Å². The second kappa shape index (κ2) is 5.49. The lowest BCUT2D eigenvalue weighted by atomic mass is 10.0. The Labute approximate surface area is 79.0 Å². The first-order valence-electron chi connectivity index (χ1n) is 4.55. The molecule has 0 amide bonds. The van der Waals surface area contributed by atoms with Gasteiger partial charge in [0.05, 0.1) is 0 Å². The number of hydrogen-bond donors (Lipinski definition) is 1. The number of carbonyl (C=O) groups is 1. The fraction of sp³-hybridized carbons (Fsp3) is 0.364. The van der Waals surface area contributed by atoms with Crippen LogP contribution in [0, 0.1) is 0 Å². The Morgan fingerprint density at radius 1 is 1.31 bits per heavy atom. The molecule has 0 saturated carbocycles. The van der Waals surface area contributed by atoms with Crippen LogP contribution in [0.2, 0.25) is 0 Å². The predicted octanol–water partition coefficient (Wildman–Crippen LogP) is 1.54. The van der Waals surface area contributed by atoms with E-state index in [2.05, 4.69) is 29.6 Å². The maximum absolute atomic E-state index is 8.81. The number of rotatable bonds is 0. The van der Waals surface area contributed by atoms with Crippen LogP contribution in [0.15, 0.2) is 24.3 Å². The summed E-state index contributed by atoms with van der Waals surface area (Å²) in [6.07, 6.45) is 1.94. The van der Waals surface area contributed by atoms with Crippen LogP contribution in [0.5, 0.6) is 0 Å². The van der Waals surface area contributed by atoms with Gasteiger partial charge in [-0.1, -0.05) is 24.3 Å². The first-order chi connectivity index (χ1) is 6.38. The Kier molecular flexibility index (Phi) is 4.19. The number of benzene rings is 1. The lowest BCUT2D eigenvalue weighted by Crippen LogP contribution is -2.23. The van der Waals surface area contributed by atoms with Gasteiger partial charge in [-0.15, -0.1) is 0 Å². The third kappa shape index (κ3) is 2.99. The maximum atomic E-state index is 8.81. The van der Waals surface area contributed by atoms with Crippen molar-refractivity contribution in [3.63, 3.8) is 0 Å². The molecule has 0 bridgehead atoms. The molecule has 70 valence electrons. The SMILES string of the molecule is CC=O.c1ccc2c(c1)CCNC2. The molecular weight excluding hydrogens is 162 g/mol. The molecule has 0 fully saturated rings. The molecular formula is C11H15NO. The molecule has 1 N–H and O–H groups in total. The van der Waals surface area contributed by atoms with E-state index in [1.54, 1.807) is 0 Å². The zero-order valence-corrected chi connectivity index (χ0v) is 7.92. The highest BCUT2D eigenvalue weighted by atomic mass is 16.1. The van der Waals surface area contributed by atoms with Gasteiger partial charge in [-0.25, -0.2) is 0 Å². The summed E-state index contributed by atoms with van der Waals surface area (Å²) in [4.78, 5) is 8.81. The van der Waals surface area contributed by atoms with Gasteiger partial charge >= 0.3 is 0 Å². The molecule has 1 aromatic carbocycles. The quantitative estimate of drug-likeness (QED) is 0.609. The number of aldehydes is 1. The Bertz CT molecular complexity index is 246. The smallest absolute Gasteiger partial charge is 0.116 e. The van der Waals surface area contributed by atoms with E-state index in [4.69, 9.17) is 4.79 Å². The summed E-state index contributed by atoms with van der Waals surface area (Å²) >= 11 is 0. The number of fused-ring (bicyclic) bond motifs is 1. The van der Waals surface area contributed by atoms with Crippen LogP contribution in [0.1, 0.15) is 18.1 Å². The normalized spacial score (nSPS) is 13.6. The van der Waals surface area contributed by atoms with Gasteiger partial charge in [-0.05, 0) is 31.0 Å². The first-order valence-corrected chi connectivity index (χ1v) is 4.55. The van der Waals surface area contributed by atoms with Gasteiger partial charge in [-0.2, -0.15) is 0 Å². The highest BCUT2D eigenvalue weighted by Crippen LogP contribution is 2.11. The highest BCUT2D eigenvalue weighted by molar-refractivity contribution is 5.44. The number of carbonyl (C=O) groups excluding carboxylic acids is 1. The fourth-order valence-electron chi connectivity index (χ4n) is 1.42. The van der Waals surface area contributed by atoms with Crippen LogP contribution in [0.4, 0.5) is 0 Å². The Balaban J connectivity index is 0.000000251. The van der Waals surface area contributed by atoms with E-state index in [0.717, 1.165) is 19.4 Å². The van der Waals surface area contributed by atoms with Gasteiger partial charge in [0.15, 0.2) is 0 Å². The zero-order valence-electron chi connectivity index (χ0n) is 7.92. The first kappa shape index (κ1) is 9.93. The highest BCUT2D eigenvalue weighted by Gasteiger charge is 2.05. The van der Waals surface area contributed by atoms with E-state index in [-0.39, 0.29) is 0 Å². The van der Waals surface area contributed by atoms with Gasteiger partial charge < -0.3 is 10.1 Å². The van der Waals surface area contributed by atoms with E-state index in [1.807, 2.05) is 0 Å². The Hall–Kier alpha value is -1.15. The second-order valence-corrected chi connectivity index (χ2v) is 2.93. The monoisotopic (exact) mass is 177 g/mol. The molecule has 1 aliphatic rings. The van der Waals surface area contributed by atoms with Crippen LogP contribution in [-0.4, -0.2) is 12.8 Å². The van der Waals surface area contributed by atoms with Crippen LogP contribution in [0.25, 0.3) is 0 Å². The average molecular weight is 177 g/mol. The molecule has 2 nitrogen and oxygen atoms in total. The van der Waals surface area contributed by atoms with Gasteiger partial charge in [0.25, 0.3) is 0 Å². The predicted molar refractivity (Wildman–Crippen MR) is 53.6 cm³/mol. The van der Waals surface area contributed by atoms with E-state index in [0.29, 0.717) is 0 Å². The van der Waals surface area contributed by atoms with Crippen molar-refractivity contribution in [2.24, 2.45) is 0 Å². The van der Waals surface area contributed by atoms with E-state index in [1.165, 1.54) is 24.5 Å². The summed E-state index contributed by atoms with van der Waals surface area (Å²) in [5, 5.41) is 3.34. The van der Waals surface area contributed by atoms with Crippen molar-refractivity contribution in [1.82, 2.24) is 5.32 Å². The van der Waals surface area contributed by atoms with Crippen molar-refractivity contribution in [1.29, 1.82) is 0 Å². The summed E-state index contributed by atoms with van der Waals surface area (Å²) in [7, 11) is 0. The molecule has 2 rings (SSSR count). The second-order valence-electron chi connectivity index (χ2n) is 2.93. The van der Waals surface area contributed by atoms with Crippen molar-refractivity contribution in [2.75, 3.05) is 6.54 Å². The molecule has 0 unspecified atom stereocenters. The van der Waals surface area contributed by atoms with Crippen molar-refractivity contribution >= 4 is 6.29 Å². The van der Waals surface area contributed by atoms with Crippen molar-refractivity contribution in [2.45, 2.75) is 19.9 Å². The lowest BCUT2D eigenvalue weighted by Gasteiger charge is -2.15. The third-order valence-corrected chi connectivity index (χ3v) is 2.00. The molecule has 0 aromatic heterocycles. The molecule has 0 saturated heterocycles. The Morgan fingerprint density at radius 3 is 2.54 bits per heavy atom. The minimum atomic E-state index is 0.750. The summed E-state index contributed by atoms with van der Waals surface area (Å²) in [6.45, 7) is 3.63. The van der Waals surface area contributed by atoms with Gasteiger partial charge in [0.1, 0.15) is 6.29 Å². The molecule has 0 atom stereocenters. The van der Waals surface area contributed by atoms with Crippen molar-refractivity contribution in [3.05, 3.63) is 35.4 Å². The van der Waals surface area contributed by atoms with E-state index in [9.17, 15) is 0 Å². The van der Waals surface area contributed by atoms with E-state index < -0.39 is 0 Å². The summed E-state index contributed by atoms with van der Waals surface area (Å²) in [5.41, 5.74) is 2.98. The largest absolute Gasteiger partial charge is 0.312 e. The number of nitrogens with one attached hydrogen (secondary N) is 1. The summed E-state index contributed by atoms with van der Waals surface area (Å²) < 4.78 is 0. The molecule has 0 radical (unpaired) electrons. The summed E-state index contributed by atoms with van der Waals surface area (Å²) in [5.74, 6) is 0. The standard InChI is InChI=1S/C9H11N.C2H4O/c1-2-4-9-7-10-6-5-8(9)3-1;1-2-3/h1-4,10H,5-7H2;2H,1H3. The van der Waals surface area contributed by atoms with Crippen molar-refractivity contribution < 1.29 is 4.79 Å². The average Bonchev–Trinajstić information content (AvgIpc) is 2.19. The lowest BCUT2D eigenvalue weighted by molar-refractivity contribution is -0.106. The van der Waals surface area contributed by atoms with Gasteiger partial charge in [0.2, 0.25) is 0 Å². The minimum absolute atomic E-state index is 0.750. The number of hydrogen-bond acceptors (Lipinski definition) is 2. The third-order valence-electron chi connectivity index (χ3n) is 2.00. The molecule has 0 aliphatic carbocycles. The molecule has 0 spiro atoms. The van der Waals surface area contributed by atoms with Gasteiger partial charge in [0, 0.05) is 6.54 Å². The summed E-state index contributed by atoms with van der Waals surface area (Å²) in [6, 6.07) is 8.63. The van der Waals surface area contributed by atoms with Crippen molar-refractivity contribution in [3.8, 4) is 0 Å². The van der Waals surface area contributed by atoms with E-state index >= 15 is 0 Å². The molecule has 1 aromatic rings. The topological polar surface area (TPSA) is 29.1 Å². The zero-order chi connectivity index (χ0) is 9.52. The maximum Gasteiger partial charge on any atom is 0.116 e. The minimum Gasteiger partial charge on any atom is -0.312 e. The fourth-order valence-corrected chi connectivity index (χ4v) is 1.42. The Morgan fingerprint density at radius 2 is 1.92 bits per heavy atom. The molecule has 13 heavy (non-hydrogen) atoms.